The summed E-state index contributed by atoms with van der Waals surface area (Å²) in [6, 6.07) is 0. The van der Waals surface area contributed by atoms with E-state index in [1.165, 1.54) is 11.1 Å². The molecule has 12 nitrogen and oxygen atoms in total. The fourth-order valence-electron chi connectivity index (χ4n) is 6.33. The predicted octanol–water partition coefficient (Wildman–Crippen LogP) is 9.65. The Bertz CT molecular complexity index is 1490. The van der Waals surface area contributed by atoms with Crippen molar-refractivity contribution in [2.45, 2.75) is 174 Å². The molecule has 1 rings (SSSR count). The molecular weight excluding hydrogens is 797 g/mol. The number of furan rings is 1. The molecule has 0 saturated heterocycles. The zero-order valence-electron chi connectivity index (χ0n) is 38.8. The topological polar surface area (TPSA) is 165 Å². The summed E-state index contributed by atoms with van der Waals surface area (Å²) in [5, 5.41) is 20.2. The maximum absolute atomic E-state index is 12.7. The van der Waals surface area contributed by atoms with Gasteiger partial charge in [0.05, 0.1) is 40.0 Å². The number of rotatable bonds is 37. The van der Waals surface area contributed by atoms with Crippen LogP contribution in [0.5, 0.6) is 0 Å². The summed E-state index contributed by atoms with van der Waals surface area (Å²) in [5.41, 5.74) is 2.59. The minimum atomic E-state index is -4.70. The van der Waals surface area contributed by atoms with Crippen LogP contribution in [0.3, 0.4) is 0 Å². The standard InChI is InChI=1S/C48H82NO11P/c1-8-10-22-29-42(50)30-23-18-14-13-15-19-24-31-43(51)32-27-35-47(52)56-38-44(39-58-61(54,55)57-37-36-49(5,6)7)59-48(53)34-26-21-17-12-11-16-20-25-33-46-41(4)40(3)45(60-46)28-9-2/h14-15,18-19,23-24,30-31,42-44,50-51H,8-13,16-17,20-22,25-29,32-39H2,1-7H3/b18-14-,19-15-,30-23+,31-24+/t42-,43-,44+/m0/s1. The van der Waals surface area contributed by atoms with E-state index in [1.54, 1.807) is 18.2 Å². The van der Waals surface area contributed by atoms with Crippen LogP contribution in [0.2, 0.25) is 0 Å². The van der Waals surface area contributed by atoms with Crippen LogP contribution >= 0.6 is 7.82 Å². The van der Waals surface area contributed by atoms with Crippen molar-refractivity contribution in [3.63, 3.8) is 0 Å². The second-order valence-corrected chi connectivity index (χ2v) is 18.5. The van der Waals surface area contributed by atoms with Crippen molar-refractivity contribution in [2.75, 3.05) is 47.5 Å². The second kappa shape index (κ2) is 33.7. The number of phosphoric ester groups is 1. The maximum Gasteiger partial charge on any atom is 0.306 e. The molecule has 0 radical (unpaired) electrons. The van der Waals surface area contributed by atoms with Crippen LogP contribution in [0.4, 0.5) is 0 Å². The lowest BCUT2D eigenvalue weighted by Crippen LogP contribution is -2.37. The van der Waals surface area contributed by atoms with Gasteiger partial charge >= 0.3 is 11.9 Å². The Morgan fingerprint density at radius 3 is 1.85 bits per heavy atom. The first-order valence-corrected chi connectivity index (χ1v) is 24.4. The Kier molecular flexibility index (Phi) is 31.0. The molecule has 0 amide bonds. The van der Waals surface area contributed by atoms with Gasteiger partial charge in [0.25, 0.3) is 7.82 Å². The average Bonchev–Trinajstić information content (AvgIpc) is 3.46. The van der Waals surface area contributed by atoms with E-state index < -0.39 is 44.7 Å². The predicted molar refractivity (Wildman–Crippen MR) is 242 cm³/mol. The largest absolute Gasteiger partial charge is 0.756 e. The van der Waals surface area contributed by atoms with Crippen molar-refractivity contribution in [3.05, 3.63) is 71.3 Å². The van der Waals surface area contributed by atoms with E-state index in [0.29, 0.717) is 36.7 Å². The Morgan fingerprint density at radius 2 is 1.26 bits per heavy atom. The molecule has 0 spiro atoms. The summed E-state index contributed by atoms with van der Waals surface area (Å²) in [6.07, 6.45) is 29.2. The van der Waals surface area contributed by atoms with Gasteiger partial charge in [0.2, 0.25) is 0 Å². The highest BCUT2D eigenvalue weighted by atomic mass is 31.2. The number of aryl methyl sites for hydroxylation is 2. The van der Waals surface area contributed by atoms with Crippen molar-refractivity contribution in [1.29, 1.82) is 0 Å². The highest BCUT2D eigenvalue weighted by Gasteiger charge is 2.22. The molecule has 13 heteroatoms. The van der Waals surface area contributed by atoms with Crippen molar-refractivity contribution >= 4 is 19.8 Å². The average molecular weight is 880 g/mol. The molecule has 0 aliphatic carbocycles. The third-order valence-corrected chi connectivity index (χ3v) is 11.2. The molecule has 0 saturated carbocycles. The normalized spacial score (nSPS) is 15.0. The molecular formula is C48H82NO11P. The van der Waals surface area contributed by atoms with Crippen LogP contribution in [-0.2, 0) is 45.5 Å². The van der Waals surface area contributed by atoms with Crippen molar-refractivity contribution < 1.29 is 56.7 Å². The number of hydrogen-bond donors (Lipinski definition) is 2. The number of ether oxygens (including phenoxy) is 2. The van der Waals surface area contributed by atoms with Gasteiger partial charge in [0, 0.05) is 25.7 Å². The third kappa shape index (κ3) is 30.8. The number of carbonyl (C=O) groups excluding carboxylic acids is 2. The molecule has 0 bridgehead atoms. The van der Waals surface area contributed by atoms with Crippen molar-refractivity contribution in [3.8, 4) is 0 Å². The maximum atomic E-state index is 12.7. The Morgan fingerprint density at radius 1 is 0.705 bits per heavy atom. The number of aliphatic hydroxyl groups is 2. The Hall–Kier alpha value is -2.83. The number of phosphoric acid groups is 1. The summed E-state index contributed by atoms with van der Waals surface area (Å²) in [4.78, 5) is 37.7. The number of aliphatic hydroxyl groups excluding tert-OH is 2. The van der Waals surface area contributed by atoms with Crippen LogP contribution in [0.25, 0.3) is 0 Å². The van der Waals surface area contributed by atoms with E-state index in [4.69, 9.17) is 22.9 Å². The number of hydrogen-bond acceptors (Lipinski definition) is 11. The van der Waals surface area contributed by atoms with Gasteiger partial charge in [-0.05, 0) is 69.9 Å². The van der Waals surface area contributed by atoms with Gasteiger partial charge in [-0.1, -0.05) is 120 Å². The fraction of sp³-hybridized carbons (Fsp3) is 0.708. The number of unbranched alkanes of at least 4 members (excludes halogenated alkanes) is 9. The van der Waals surface area contributed by atoms with Gasteiger partial charge in [0.1, 0.15) is 31.3 Å². The highest BCUT2D eigenvalue weighted by molar-refractivity contribution is 7.45. The number of likely N-dealkylation sites (N-methyl/N-ethyl adjacent to an activating group) is 1. The summed E-state index contributed by atoms with van der Waals surface area (Å²) in [5.74, 6) is 1.17. The first-order valence-electron chi connectivity index (χ1n) is 22.9. The third-order valence-electron chi connectivity index (χ3n) is 10.2. The minimum absolute atomic E-state index is 0.0192. The smallest absolute Gasteiger partial charge is 0.306 e. The number of quaternary nitrogens is 1. The van der Waals surface area contributed by atoms with Crippen LogP contribution in [0, 0.1) is 13.8 Å². The first-order chi connectivity index (χ1) is 29.1. The molecule has 0 aromatic carbocycles. The van der Waals surface area contributed by atoms with Crippen LogP contribution in [0.15, 0.2) is 53.0 Å². The monoisotopic (exact) mass is 880 g/mol. The van der Waals surface area contributed by atoms with Crippen molar-refractivity contribution in [2.24, 2.45) is 0 Å². The van der Waals surface area contributed by atoms with Crippen LogP contribution in [-0.4, -0.2) is 92.5 Å². The van der Waals surface area contributed by atoms with Crippen LogP contribution in [0.1, 0.15) is 152 Å². The number of allylic oxidation sites excluding steroid dienone is 6. The summed E-state index contributed by atoms with van der Waals surface area (Å²) in [6.45, 7) is 8.05. The van der Waals surface area contributed by atoms with Gasteiger partial charge in [-0.15, -0.1) is 0 Å². The number of nitrogens with zero attached hydrogens (tertiary/aromatic N) is 1. The van der Waals surface area contributed by atoms with E-state index in [2.05, 4.69) is 27.7 Å². The van der Waals surface area contributed by atoms with E-state index in [-0.39, 0.29) is 26.1 Å². The van der Waals surface area contributed by atoms with Gasteiger partial charge in [-0.2, -0.15) is 0 Å². The lowest BCUT2D eigenvalue weighted by Gasteiger charge is -2.28. The fourth-order valence-corrected chi connectivity index (χ4v) is 7.05. The van der Waals surface area contributed by atoms with E-state index >= 15 is 0 Å². The molecule has 0 aliphatic rings. The highest BCUT2D eigenvalue weighted by Crippen LogP contribution is 2.38. The molecule has 1 aromatic rings. The summed E-state index contributed by atoms with van der Waals surface area (Å²) >= 11 is 0. The zero-order valence-corrected chi connectivity index (χ0v) is 39.7. The molecule has 61 heavy (non-hydrogen) atoms. The lowest BCUT2D eigenvalue weighted by atomic mass is 10.0. The molecule has 0 aliphatic heterocycles. The molecule has 0 fully saturated rings. The molecule has 1 unspecified atom stereocenters. The van der Waals surface area contributed by atoms with E-state index in [0.717, 1.165) is 101 Å². The Labute approximate surface area is 368 Å². The summed E-state index contributed by atoms with van der Waals surface area (Å²) in [7, 11) is 1.01. The van der Waals surface area contributed by atoms with Gasteiger partial charge in [-0.3, -0.25) is 14.2 Å². The van der Waals surface area contributed by atoms with Gasteiger partial charge in [-0.25, -0.2) is 0 Å². The van der Waals surface area contributed by atoms with E-state index in [9.17, 15) is 29.3 Å². The first kappa shape index (κ1) is 56.2. The molecule has 1 aromatic heterocycles. The van der Waals surface area contributed by atoms with Crippen LogP contribution < -0.4 is 4.89 Å². The molecule has 1 heterocycles. The zero-order chi connectivity index (χ0) is 45.4. The number of esters is 2. The van der Waals surface area contributed by atoms with Gasteiger partial charge in [0.15, 0.2) is 6.10 Å². The van der Waals surface area contributed by atoms with E-state index in [1.807, 2.05) is 51.5 Å². The quantitative estimate of drug-likeness (QED) is 0.0215. The molecule has 2 N–H and O–H groups in total. The number of carbonyl (C=O) groups is 2. The lowest BCUT2D eigenvalue weighted by molar-refractivity contribution is -0.870. The molecule has 4 atom stereocenters. The minimum Gasteiger partial charge on any atom is -0.756 e. The second-order valence-electron chi connectivity index (χ2n) is 17.0. The summed E-state index contributed by atoms with van der Waals surface area (Å²) < 4.78 is 39.9. The molecule has 350 valence electrons. The SMILES string of the molecule is CCCCC[C@H](O)/C=C/C=C\C/C=C\C=C\[C@H](O)CCCC(=O)OC[C@H](COP(=O)([O-])OCC[N+](C)(C)C)OC(=O)CCCCCCCCCCc1oc(CCC)c(C)c1C. The Balaban J connectivity index is 2.44. The van der Waals surface area contributed by atoms with Gasteiger partial charge < -0.3 is 42.5 Å². The van der Waals surface area contributed by atoms with Crippen molar-refractivity contribution in [1.82, 2.24) is 0 Å².